The van der Waals surface area contributed by atoms with Crippen LogP contribution in [0, 0.1) is 6.07 Å². The summed E-state index contributed by atoms with van der Waals surface area (Å²) in [7, 11) is 0. The van der Waals surface area contributed by atoms with Crippen molar-refractivity contribution < 1.29 is 4.74 Å². The van der Waals surface area contributed by atoms with Crippen LogP contribution in [0.4, 0.5) is 11.6 Å². The standard InChI is InChI=1S/C12H19N4O/c1-11(2)7-16(8-12(3,4)17-11)10-6-5-9(13)14-15-10/h6H,7-8H2,1-4H3,(H2,13,14). The number of hydrogen-bond acceptors (Lipinski definition) is 5. The third-order valence-electron chi connectivity index (χ3n) is 2.63. The average Bonchev–Trinajstić information content (AvgIpc) is 2.13. The molecule has 0 saturated carbocycles. The van der Waals surface area contributed by atoms with Crippen LogP contribution in [0.1, 0.15) is 27.7 Å². The van der Waals surface area contributed by atoms with Gasteiger partial charge in [-0.15, -0.1) is 10.2 Å². The van der Waals surface area contributed by atoms with E-state index in [0.29, 0.717) is 5.82 Å². The van der Waals surface area contributed by atoms with Gasteiger partial charge in [0, 0.05) is 19.2 Å². The zero-order valence-electron chi connectivity index (χ0n) is 10.8. The lowest BCUT2D eigenvalue weighted by atomic mass is 9.99. The van der Waals surface area contributed by atoms with Gasteiger partial charge in [-0.3, -0.25) is 0 Å². The van der Waals surface area contributed by atoms with E-state index >= 15 is 0 Å². The average molecular weight is 235 g/mol. The first-order valence-corrected chi connectivity index (χ1v) is 5.73. The van der Waals surface area contributed by atoms with Crippen molar-refractivity contribution in [3.63, 3.8) is 0 Å². The van der Waals surface area contributed by atoms with Gasteiger partial charge < -0.3 is 15.4 Å². The molecule has 17 heavy (non-hydrogen) atoms. The van der Waals surface area contributed by atoms with Gasteiger partial charge in [-0.2, -0.15) is 0 Å². The number of nitrogens with two attached hydrogens (primary N) is 1. The van der Waals surface area contributed by atoms with Crippen molar-refractivity contribution in [2.75, 3.05) is 23.7 Å². The molecule has 1 saturated heterocycles. The molecule has 0 bridgehead atoms. The summed E-state index contributed by atoms with van der Waals surface area (Å²) in [6.07, 6.45) is 0. The van der Waals surface area contributed by atoms with Gasteiger partial charge in [0.05, 0.1) is 11.2 Å². The van der Waals surface area contributed by atoms with Crippen molar-refractivity contribution in [1.82, 2.24) is 10.2 Å². The quantitative estimate of drug-likeness (QED) is 0.793. The van der Waals surface area contributed by atoms with Crippen molar-refractivity contribution in [1.29, 1.82) is 0 Å². The first-order valence-electron chi connectivity index (χ1n) is 5.73. The molecule has 2 heterocycles. The van der Waals surface area contributed by atoms with E-state index in [0.717, 1.165) is 18.9 Å². The Balaban J connectivity index is 2.24. The van der Waals surface area contributed by atoms with Gasteiger partial charge in [0.15, 0.2) is 11.6 Å². The van der Waals surface area contributed by atoms with Gasteiger partial charge in [0.2, 0.25) is 0 Å². The number of hydrogen-bond donors (Lipinski definition) is 1. The Morgan fingerprint density at radius 3 is 2.29 bits per heavy atom. The third kappa shape index (κ3) is 2.85. The van der Waals surface area contributed by atoms with E-state index in [-0.39, 0.29) is 11.2 Å². The van der Waals surface area contributed by atoms with Crippen LogP contribution in [0.25, 0.3) is 0 Å². The molecule has 0 spiro atoms. The zero-order valence-corrected chi connectivity index (χ0v) is 10.8. The van der Waals surface area contributed by atoms with Crippen LogP contribution in [0.2, 0.25) is 0 Å². The summed E-state index contributed by atoms with van der Waals surface area (Å²) in [6, 6.07) is 4.65. The highest BCUT2D eigenvalue weighted by molar-refractivity contribution is 5.42. The topological polar surface area (TPSA) is 64.3 Å². The number of anilines is 2. The highest BCUT2D eigenvalue weighted by Gasteiger charge is 2.38. The molecule has 1 fully saturated rings. The molecule has 2 N–H and O–H groups in total. The lowest BCUT2D eigenvalue weighted by Crippen LogP contribution is -2.57. The monoisotopic (exact) mass is 235 g/mol. The number of aromatic nitrogens is 2. The summed E-state index contributed by atoms with van der Waals surface area (Å²) < 4.78 is 6.01. The van der Waals surface area contributed by atoms with Crippen molar-refractivity contribution in [3.05, 3.63) is 12.1 Å². The van der Waals surface area contributed by atoms with E-state index in [1.54, 1.807) is 6.07 Å². The van der Waals surface area contributed by atoms with E-state index in [1.165, 1.54) is 0 Å². The molecule has 1 aromatic heterocycles. The van der Waals surface area contributed by atoms with E-state index in [9.17, 15) is 0 Å². The number of nitrogen functional groups attached to an aromatic ring is 1. The Morgan fingerprint density at radius 1 is 1.24 bits per heavy atom. The molecule has 93 valence electrons. The third-order valence-corrected chi connectivity index (χ3v) is 2.63. The lowest BCUT2D eigenvalue weighted by Gasteiger charge is -2.47. The molecular formula is C12H19N4O. The number of rotatable bonds is 1. The minimum absolute atomic E-state index is 0.204. The summed E-state index contributed by atoms with van der Waals surface area (Å²) >= 11 is 0. The van der Waals surface area contributed by atoms with Crippen LogP contribution in [-0.4, -0.2) is 34.5 Å². The van der Waals surface area contributed by atoms with Crippen molar-refractivity contribution in [2.45, 2.75) is 38.9 Å². The minimum atomic E-state index is -0.204. The predicted octanol–water partition coefficient (Wildman–Crippen LogP) is 1.25. The zero-order chi connectivity index (χ0) is 12.7. The normalized spacial score (nSPS) is 22.5. The fourth-order valence-corrected chi connectivity index (χ4v) is 2.41. The van der Waals surface area contributed by atoms with Crippen molar-refractivity contribution in [3.8, 4) is 0 Å². The Kier molecular flexibility index (Phi) is 2.73. The molecule has 5 heteroatoms. The second-order valence-electron chi connectivity index (χ2n) is 5.71. The highest BCUT2D eigenvalue weighted by atomic mass is 16.5. The van der Waals surface area contributed by atoms with Crippen LogP contribution in [-0.2, 0) is 4.74 Å². The SMILES string of the molecule is CC1(C)CN(c2c[c]c(N)nn2)CC(C)(C)O1. The summed E-state index contributed by atoms with van der Waals surface area (Å²) in [5.74, 6) is 1.11. The molecule has 0 amide bonds. The summed E-state index contributed by atoms with van der Waals surface area (Å²) in [4.78, 5) is 2.16. The van der Waals surface area contributed by atoms with Crippen LogP contribution in [0.15, 0.2) is 6.07 Å². The van der Waals surface area contributed by atoms with Crippen LogP contribution in [0.5, 0.6) is 0 Å². The number of morpholine rings is 1. The molecule has 1 aliphatic heterocycles. The number of nitrogens with zero attached hydrogens (tertiary/aromatic N) is 3. The maximum Gasteiger partial charge on any atom is 0.154 e. The summed E-state index contributed by atoms with van der Waals surface area (Å²) in [5, 5.41) is 7.94. The Hall–Kier alpha value is -1.36. The van der Waals surface area contributed by atoms with Crippen LogP contribution in [0.3, 0.4) is 0 Å². The molecule has 0 unspecified atom stereocenters. The largest absolute Gasteiger partial charge is 0.382 e. The maximum atomic E-state index is 6.01. The molecule has 1 aliphatic rings. The van der Waals surface area contributed by atoms with Gasteiger partial charge in [0.1, 0.15) is 0 Å². The van der Waals surface area contributed by atoms with Gasteiger partial charge in [-0.25, -0.2) is 0 Å². The predicted molar refractivity (Wildman–Crippen MR) is 66.7 cm³/mol. The first kappa shape index (κ1) is 12.1. The molecule has 5 nitrogen and oxygen atoms in total. The Bertz CT molecular complexity index is 383. The van der Waals surface area contributed by atoms with Crippen LogP contribution < -0.4 is 10.6 Å². The molecular weight excluding hydrogens is 216 g/mol. The molecule has 1 aromatic rings. The maximum absolute atomic E-state index is 6.01. The lowest BCUT2D eigenvalue weighted by molar-refractivity contribution is -0.133. The summed E-state index contributed by atoms with van der Waals surface area (Å²) in [5.41, 5.74) is 5.08. The van der Waals surface area contributed by atoms with Crippen molar-refractivity contribution in [2.24, 2.45) is 0 Å². The molecule has 0 aliphatic carbocycles. The fraction of sp³-hybridized carbons (Fsp3) is 0.667. The Labute approximate surface area is 102 Å². The van der Waals surface area contributed by atoms with Gasteiger partial charge >= 0.3 is 0 Å². The smallest absolute Gasteiger partial charge is 0.154 e. The van der Waals surface area contributed by atoms with E-state index < -0.39 is 0 Å². The Morgan fingerprint density at radius 2 is 1.82 bits per heavy atom. The van der Waals surface area contributed by atoms with E-state index in [1.807, 2.05) is 0 Å². The van der Waals surface area contributed by atoms with E-state index in [2.05, 4.69) is 48.9 Å². The van der Waals surface area contributed by atoms with Crippen LogP contribution >= 0.6 is 0 Å². The number of ether oxygens (including phenoxy) is 1. The highest BCUT2D eigenvalue weighted by Crippen LogP contribution is 2.30. The second-order valence-corrected chi connectivity index (χ2v) is 5.71. The molecule has 2 rings (SSSR count). The summed E-state index contributed by atoms with van der Waals surface area (Å²) in [6.45, 7) is 9.88. The van der Waals surface area contributed by atoms with Crippen molar-refractivity contribution >= 4 is 11.6 Å². The molecule has 0 aromatic carbocycles. The van der Waals surface area contributed by atoms with E-state index in [4.69, 9.17) is 10.5 Å². The van der Waals surface area contributed by atoms with Gasteiger partial charge in [0.25, 0.3) is 0 Å². The van der Waals surface area contributed by atoms with Gasteiger partial charge in [-0.05, 0) is 33.8 Å². The first-order chi connectivity index (χ1) is 7.77. The second kappa shape index (κ2) is 3.84. The minimum Gasteiger partial charge on any atom is -0.382 e. The fourth-order valence-electron chi connectivity index (χ4n) is 2.41. The van der Waals surface area contributed by atoms with Gasteiger partial charge in [-0.1, -0.05) is 0 Å². The molecule has 0 atom stereocenters. The molecule has 1 radical (unpaired) electrons.